The van der Waals surface area contributed by atoms with Crippen molar-refractivity contribution in [2.75, 3.05) is 11.9 Å². The average molecular weight is 325 g/mol. The summed E-state index contributed by atoms with van der Waals surface area (Å²) in [4.78, 5) is 0. The standard InChI is InChI=1S/C12H16BrF3N2/c1-11(2,17)3-4-18-10-6-8(12(14,15)16)5-9(13)7-10/h5-7,18H,3-4,17H2,1-2H3. The van der Waals surface area contributed by atoms with Crippen molar-refractivity contribution in [3.63, 3.8) is 0 Å². The number of hydrogen-bond donors (Lipinski definition) is 2. The predicted molar refractivity (Wildman–Crippen MR) is 70.5 cm³/mol. The maximum atomic E-state index is 12.6. The monoisotopic (exact) mass is 324 g/mol. The van der Waals surface area contributed by atoms with Crippen LogP contribution in [0.1, 0.15) is 25.8 Å². The Morgan fingerprint density at radius 2 is 1.83 bits per heavy atom. The molecule has 0 spiro atoms. The van der Waals surface area contributed by atoms with Gasteiger partial charge in [0.15, 0.2) is 0 Å². The van der Waals surface area contributed by atoms with Crippen LogP contribution in [0.5, 0.6) is 0 Å². The molecule has 1 rings (SSSR count). The zero-order chi connectivity index (χ0) is 14.0. The SMILES string of the molecule is CC(C)(N)CCNc1cc(Br)cc(C(F)(F)F)c1. The summed E-state index contributed by atoms with van der Waals surface area (Å²) in [5.41, 5.74) is 5.21. The molecular weight excluding hydrogens is 309 g/mol. The fraction of sp³-hybridized carbons (Fsp3) is 0.500. The van der Waals surface area contributed by atoms with Crippen molar-refractivity contribution in [3.8, 4) is 0 Å². The van der Waals surface area contributed by atoms with Crippen molar-refractivity contribution in [3.05, 3.63) is 28.2 Å². The van der Waals surface area contributed by atoms with Gasteiger partial charge in [-0.05, 0) is 38.5 Å². The Bertz CT molecular complexity index is 411. The number of halogens is 4. The van der Waals surface area contributed by atoms with E-state index in [1.165, 1.54) is 0 Å². The van der Waals surface area contributed by atoms with Crippen molar-refractivity contribution in [1.82, 2.24) is 0 Å². The lowest BCUT2D eigenvalue weighted by Gasteiger charge is -2.19. The van der Waals surface area contributed by atoms with E-state index in [4.69, 9.17) is 5.73 Å². The molecule has 0 aliphatic heterocycles. The third-order valence-corrected chi connectivity index (χ3v) is 2.78. The molecule has 0 heterocycles. The number of nitrogens with one attached hydrogen (secondary N) is 1. The van der Waals surface area contributed by atoms with Crippen LogP contribution in [0, 0.1) is 0 Å². The average Bonchev–Trinajstić information content (AvgIpc) is 2.13. The highest BCUT2D eigenvalue weighted by Crippen LogP contribution is 2.33. The topological polar surface area (TPSA) is 38.0 Å². The molecule has 6 heteroatoms. The minimum absolute atomic E-state index is 0.341. The lowest BCUT2D eigenvalue weighted by atomic mass is 10.0. The van der Waals surface area contributed by atoms with Crippen molar-refractivity contribution in [1.29, 1.82) is 0 Å². The van der Waals surface area contributed by atoms with Gasteiger partial charge in [0.1, 0.15) is 0 Å². The van der Waals surface area contributed by atoms with Crippen LogP contribution in [0.2, 0.25) is 0 Å². The van der Waals surface area contributed by atoms with E-state index in [0.29, 0.717) is 23.1 Å². The highest BCUT2D eigenvalue weighted by molar-refractivity contribution is 9.10. The van der Waals surface area contributed by atoms with Gasteiger partial charge in [-0.25, -0.2) is 0 Å². The van der Waals surface area contributed by atoms with E-state index in [-0.39, 0.29) is 5.54 Å². The van der Waals surface area contributed by atoms with E-state index in [9.17, 15) is 13.2 Å². The van der Waals surface area contributed by atoms with Gasteiger partial charge in [-0.1, -0.05) is 15.9 Å². The van der Waals surface area contributed by atoms with Gasteiger partial charge in [-0.15, -0.1) is 0 Å². The predicted octanol–water partition coefficient (Wildman–Crippen LogP) is 4.01. The molecular formula is C12H16BrF3N2. The van der Waals surface area contributed by atoms with Gasteiger partial charge in [0.25, 0.3) is 0 Å². The molecule has 0 aliphatic carbocycles. The number of anilines is 1. The molecule has 0 saturated carbocycles. The lowest BCUT2D eigenvalue weighted by Crippen LogP contribution is -2.34. The molecule has 0 fully saturated rings. The highest BCUT2D eigenvalue weighted by Gasteiger charge is 2.31. The first-order valence-electron chi connectivity index (χ1n) is 5.48. The summed E-state index contributed by atoms with van der Waals surface area (Å²) in [5.74, 6) is 0. The van der Waals surface area contributed by atoms with Gasteiger partial charge >= 0.3 is 6.18 Å². The minimum Gasteiger partial charge on any atom is -0.385 e. The first-order valence-corrected chi connectivity index (χ1v) is 6.28. The Morgan fingerprint density at radius 1 is 1.22 bits per heavy atom. The normalized spacial score (nSPS) is 12.6. The molecule has 3 N–H and O–H groups in total. The molecule has 0 saturated heterocycles. The maximum Gasteiger partial charge on any atom is 0.416 e. The molecule has 0 aromatic heterocycles. The number of nitrogens with two attached hydrogens (primary N) is 1. The van der Waals surface area contributed by atoms with Crippen molar-refractivity contribution in [2.24, 2.45) is 5.73 Å². The molecule has 0 atom stereocenters. The summed E-state index contributed by atoms with van der Waals surface area (Å²) in [7, 11) is 0. The summed E-state index contributed by atoms with van der Waals surface area (Å²) in [6.07, 6.45) is -3.67. The van der Waals surface area contributed by atoms with Gasteiger partial charge in [-0.3, -0.25) is 0 Å². The van der Waals surface area contributed by atoms with Gasteiger partial charge < -0.3 is 11.1 Å². The second-order valence-electron chi connectivity index (χ2n) is 4.89. The van der Waals surface area contributed by atoms with Gasteiger partial charge in [0, 0.05) is 22.2 Å². The van der Waals surface area contributed by atoms with Crippen molar-refractivity contribution in [2.45, 2.75) is 32.0 Å². The van der Waals surface area contributed by atoms with E-state index in [0.717, 1.165) is 12.1 Å². The van der Waals surface area contributed by atoms with Crippen LogP contribution < -0.4 is 11.1 Å². The van der Waals surface area contributed by atoms with E-state index >= 15 is 0 Å². The van der Waals surface area contributed by atoms with Crippen LogP contribution in [0.15, 0.2) is 22.7 Å². The third-order valence-electron chi connectivity index (χ3n) is 2.32. The van der Waals surface area contributed by atoms with Crippen LogP contribution in [-0.4, -0.2) is 12.1 Å². The molecule has 102 valence electrons. The smallest absolute Gasteiger partial charge is 0.385 e. The first-order chi connectivity index (χ1) is 8.08. The number of hydrogen-bond acceptors (Lipinski definition) is 2. The van der Waals surface area contributed by atoms with E-state index in [1.54, 1.807) is 6.07 Å². The quantitative estimate of drug-likeness (QED) is 0.878. The molecule has 1 aromatic carbocycles. The van der Waals surface area contributed by atoms with E-state index in [2.05, 4.69) is 21.2 Å². The number of benzene rings is 1. The summed E-state index contributed by atoms with van der Waals surface area (Å²) in [6.45, 7) is 4.27. The zero-order valence-corrected chi connectivity index (χ0v) is 11.8. The summed E-state index contributed by atoms with van der Waals surface area (Å²) < 4.78 is 38.2. The maximum absolute atomic E-state index is 12.6. The van der Waals surface area contributed by atoms with Gasteiger partial charge in [0.05, 0.1) is 5.56 Å². The molecule has 2 nitrogen and oxygen atoms in total. The minimum atomic E-state index is -4.34. The molecule has 0 aliphatic rings. The second kappa shape index (κ2) is 5.48. The second-order valence-corrected chi connectivity index (χ2v) is 5.81. The van der Waals surface area contributed by atoms with Crippen molar-refractivity contribution < 1.29 is 13.2 Å². The molecule has 1 aromatic rings. The lowest BCUT2D eigenvalue weighted by molar-refractivity contribution is -0.137. The van der Waals surface area contributed by atoms with Crippen LogP contribution in [0.25, 0.3) is 0 Å². The fourth-order valence-corrected chi connectivity index (χ4v) is 1.88. The van der Waals surface area contributed by atoms with Crippen LogP contribution in [0.3, 0.4) is 0 Å². The van der Waals surface area contributed by atoms with E-state index in [1.807, 2.05) is 13.8 Å². The molecule has 0 radical (unpaired) electrons. The van der Waals surface area contributed by atoms with Crippen molar-refractivity contribution >= 4 is 21.6 Å². The molecule has 0 bridgehead atoms. The van der Waals surface area contributed by atoms with Gasteiger partial charge in [0.2, 0.25) is 0 Å². The molecule has 0 amide bonds. The third kappa shape index (κ3) is 5.27. The fourth-order valence-electron chi connectivity index (χ4n) is 1.38. The van der Waals surface area contributed by atoms with Gasteiger partial charge in [-0.2, -0.15) is 13.2 Å². The largest absolute Gasteiger partial charge is 0.416 e. The molecule has 0 unspecified atom stereocenters. The Labute approximate surface area is 113 Å². The number of rotatable bonds is 4. The first kappa shape index (κ1) is 15.3. The Hall–Kier alpha value is -0.750. The summed E-state index contributed by atoms with van der Waals surface area (Å²) in [6, 6.07) is 3.76. The summed E-state index contributed by atoms with van der Waals surface area (Å²) in [5, 5.41) is 2.94. The summed E-state index contributed by atoms with van der Waals surface area (Å²) >= 11 is 3.07. The van der Waals surface area contributed by atoms with E-state index < -0.39 is 11.7 Å². The highest BCUT2D eigenvalue weighted by atomic mass is 79.9. The molecule has 18 heavy (non-hydrogen) atoms. The Balaban J connectivity index is 2.75. The van der Waals surface area contributed by atoms with Crippen LogP contribution in [0.4, 0.5) is 18.9 Å². The van der Waals surface area contributed by atoms with Crippen LogP contribution in [-0.2, 0) is 6.18 Å². The Morgan fingerprint density at radius 3 is 2.33 bits per heavy atom. The zero-order valence-electron chi connectivity index (χ0n) is 10.2. The number of alkyl halides is 3. The van der Waals surface area contributed by atoms with Crippen LogP contribution >= 0.6 is 15.9 Å². The Kier molecular flexibility index (Phi) is 4.66.